The summed E-state index contributed by atoms with van der Waals surface area (Å²) in [5.41, 5.74) is 0.0719. The first-order chi connectivity index (χ1) is 9.36. The van der Waals surface area contributed by atoms with Crippen LogP contribution in [-0.2, 0) is 9.53 Å². The van der Waals surface area contributed by atoms with Crippen LogP contribution in [0.5, 0.6) is 0 Å². The van der Waals surface area contributed by atoms with Gasteiger partial charge in [-0.2, -0.15) is 0 Å². The minimum Gasteiger partial charge on any atom is -0.468 e. The molecule has 8 nitrogen and oxygen atoms in total. The first kappa shape index (κ1) is 15.4. The van der Waals surface area contributed by atoms with Crippen molar-refractivity contribution in [2.24, 2.45) is 0 Å². The van der Waals surface area contributed by atoms with Crippen LogP contribution in [0.15, 0.2) is 18.2 Å². The van der Waals surface area contributed by atoms with Crippen molar-refractivity contribution in [3.05, 3.63) is 33.9 Å². The number of hydrogen-bond donors (Lipinski definition) is 1. The van der Waals surface area contributed by atoms with Crippen molar-refractivity contribution in [2.75, 3.05) is 33.1 Å². The third kappa shape index (κ3) is 3.67. The Labute approximate surface area is 115 Å². The molecule has 1 amide bonds. The topological polar surface area (TPSA) is 102 Å². The molecular weight excluding hydrogens is 266 g/mol. The Hall–Kier alpha value is -2.64. The van der Waals surface area contributed by atoms with Gasteiger partial charge in [-0.15, -0.1) is 0 Å². The second-order valence-corrected chi connectivity index (χ2v) is 4.12. The molecule has 0 spiro atoms. The minimum atomic E-state index is -0.619. The number of esters is 1. The van der Waals surface area contributed by atoms with Gasteiger partial charge in [0.1, 0.15) is 12.2 Å². The van der Waals surface area contributed by atoms with E-state index in [0.29, 0.717) is 0 Å². The van der Waals surface area contributed by atoms with Crippen molar-refractivity contribution in [3.8, 4) is 0 Å². The molecule has 20 heavy (non-hydrogen) atoms. The van der Waals surface area contributed by atoms with Crippen LogP contribution in [0.25, 0.3) is 0 Å². The fourth-order valence-corrected chi connectivity index (χ4v) is 1.46. The maximum Gasteiger partial charge on any atom is 0.325 e. The number of benzene rings is 1. The Morgan fingerprint density at radius 3 is 2.55 bits per heavy atom. The van der Waals surface area contributed by atoms with E-state index >= 15 is 0 Å². The Morgan fingerprint density at radius 2 is 2.05 bits per heavy atom. The van der Waals surface area contributed by atoms with E-state index in [1.165, 1.54) is 30.2 Å². The highest BCUT2D eigenvalue weighted by Gasteiger charge is 2.18. The zero-order valence-electron chi connectivity index (χ0n) is 11.4. The van der Waals surface area contributed by atoms with Gasteiger partial charge in [-0.25, -0.2) is 0 Å². The van der Waals surface area contributed by atoms with E-state index in [1.807, 2.05) is 0 Å². The van der Waals surface area contributed by atoms with E-state index in [2.05, 4.69) is 10.1 Å². The lowest BCUT2D eigenvalue weighted by Gasteiger charge is -2.11. The third-order valence-corrected chi connectivity index (χ3v) is 2.50. The zero-order valence-corrected chi connectivity index (χ0v) is 11.4. The summed E-state index contributed by atoms with van der Waals surface area (Å²) in [6.45, 7) is -0.196. The lowest BCUT2D eigenvalue weighted by atomic mass is 10.1. The SMILES string of the molecule is COC(=O)CNc1ccc(C(=O)N(C)C)cc1[N+](=O)[O-]. The van der Waals surface area contributed by atoms with Crippen LogP contribution < -0.4 is 5.32 Å². The van der Waals surface area contributed by atoms with Crippen molar-refractivity contribution in [3.63, 3.8) is 0 Å². The Balaban J connectivity index is 3.05. The largest absolute Gasteiger partial charge is 0.468 e. The number of anilines is 1. The number of nitro groups is 1. The molecule has 0 aliphatic heterocycles. The second-order valence-electron chi connectivity index (χ2n) is 4.12. The number of carbonyl (C=O) groups excluding carboxylic acids is 2. The molecule has 108 valence electrons. The normalized spacial score (nSPS) is 9.75. The van der Waals surface area contributed by atoms with Crippen molar-refractivity contribution in [1.82, 2.24) is 4.90 Å². The highest BCUT2D eigenvalue weighted by atomic mass is 16.6. The van der Waals surface area contributed by atoms with Gasteiger partial charge < -0.3 is 15.0 Å². The predicted molar refractivity (Wildman–Crippen MR) is 71.6 cm³/mol. The molecule has 0 aliphatic rings. The van der Waals surface area contributed by atoms with E-state index in [0.717, 1.165) is 0 Å². The molecule has 0 unspecified atom stereocenters. The molecule has 1 aromatic carbocycles. The van der Waals surface area contributed by atoms with Crippen LogP contribution in [-0.4, -0.2) is 49.4 Å². The molecule has 0 radical (unpaired) electrons. The fraction of sp³-hybridized carbons (Fsp3) is 0.333. The van der Waals surface area contributed by atoms with Crippen LogP contribution in [0.2, 0.25) is 0 Å². The van der Waals surface area contributed by atoms with Crippen molar-refractivity contribution in [1.29, 1.82) is 0 Å². The number of nitro benzene ring substituents is 1. The van der Waals surface area contributed by atoms with Gasteiger partial charge in [0.05, 0.1) is 12.0 Å². The zero-order chi connectivity index (χ0) is 15.3. The monoisotopic (exact) mass is 281 g/mol. The van der Waals surface area contributed by atoms with Crippen molar-refractivity contribution in [2.45, 2.75) is 0 Å². The summed E-state index contributed by atoms with van der Waals surface area (Å²) >= 11 is 0. The van der Waals surface area contributed by atoms with Gasteiger partial charge in [0, 0.05) is 25.7 Å². The quantitative estimate of drug-likeness (QED) is 0.488. The van der Waals surface area contributed by atoms with Crippen LogP contribution in [0, 0.1) is 10.1 Å². The lowest BCUT2D eigenvalue weighted by molar-refractivity contribution is -0.384. The number of amides is 1. The third-order valence-electron chi connectivity index (χ3n) is 2.50. The van der Waals surface area contributed by atoms with Gasteiger partial charge in [-0.3, -0.25) is 19.7 Å². The maximum absolute atomic E-state index is 11.8. The molecule has 0 bridgehead atoms. The standard InChI is InChI=1S/C12H15N3O5/c1-14(2)12(17)8-4-5-9(10(6-8)15(18)19)13-7-11(16)20-3/h4-6,13H,7H2,1-3H3. The Morgan fingerprint density at radius 1 is 1.40 bits per heavy atom. The number of ether oxygens (including phenoxy) is 1. The Kier molecular flexibility index (Phi) is 5.01. The molecule has 0 fully saturated rings. The maximum atomic E-state index is 11.8. The average Bonchev–Trinajstić information content (AvgIpc) is 2.43. The summed E-state index contributed by atoms with van der Waals surface area (Å²) in [6, 6.07) is 4.01. The van der Waals surface area contributed by atoms with Gasteiger partial charge in [-0.05, 0) is 12.1 Å². The van der Waals surface area contributed by atoms with Crippen LogP contribution in [0.1, 0.15) is 10.4 Å². The minimum absolute atomic E-state index is 0.149. The first-order valence-electron chi connectivity index (χ1n) is 5.67. The fourth-order valence-electron chi connectivity index (χ4n) is 1.46. The van der Waals surface area contributed by atoms with Crippen molar-refractivity contribution < 1.29 is 19.2 Å². The molecule has 1 aromatic rings. The van der Waals surface area contributed by atoms with Crippen LogP contribution in [0.4, 0.5) is 11.4 Å². The number of methoxy groups -OCH3 is 1. The summed E-state index contributed by atoms with van der Waals surface area (Å²) < 4.78 is 4.43. The molecule has 0 heterocycles. The molecule has 0 saturated carbocycles. The van der Waals surface area contributed by atoms with E-state index in [-0.39, 0.29) is 29.4 Å². The van der Waals surface area contributed by atoms with E-state index in [9.17, 15) is 19.7 Å². The summed E-state index contributed by atoms with van der Waals surface area (Å²) in [5, 5.41) is 13.6. The van der Waals surface area contributed by atoms with Gasteiger partial charge >= 0.3 is 5.97 Å². The Bertz CT molecular complexity index is 542. The highest BCUT2D eigenvalue weighted by molar-refractivity contribution is 5.95. The molecule has 0 atom stereocenters. The smallest absolute Gasteiger partial charge is 0.325 e. The van der Waals surface area contributed by atoms with Gasteiger partial charge in [0.15, 0.2) is 0 Å². The molecule has 8 heteroatoms. The molecule has 0 aromatic heterocycles. The first-order valence-corrected chi connectivity index (χ1v) is 5.67. The number of rotatable bonds is 5. The highest BCUT2D eigenvalue weighted by Crippen LogP contribution is 2.25. The van der Waals surface area contributed by atoms with E-state index in [1.54, 1.807) is 14.1 Å². The van der Waals surface area contributed by atoms with Gasteiger partial charge in [-0.1, -0.05) is 0 Å². The van der Waals surface area contributed by atoms with Crippen LogP contribution in [0.3, 0.4) is 0 Å². The molecule has 0 aliphatic carbocycles. The lowest BCUT2D eigenvalue weighted by Crippen LogP contribution is -2.22. The second kappa shape index (κ2) is 6.50. The summed E-state index contributed by atoms with van der Waals surface area (Å²) in [5.74, 6) is -0.889. The summed E-state index contributed by atoms with van der Waals surface area (Å²) in [4.78, 5) is 34.5. The van der Waals surface area contributed by atoms with Crippen molar-refractivity contribution >= 4 is 23.3 Å². The number of hydrogen-bond acceptors (Lipinski definition) is 6. The van der Waals surface area contributed by atoms with Gasteiger partial charge in [0.2, 0.25) is 0 Å². The number of nitrogens with zero attached hydrogens (tertiary/aromatic N) is 2. The number of carbonyl (C=O) groups is 2. The van der Waals surface area contributed by atoms with E-state index in [4.69, 9.17) is 0 Å². The molecular formula is C12H15N3O5. The number of nitrogens with one attached hydrogen (secondary N) is 1. The molecule has 1 N–H and O–H groups in total. The molecule has 0 saturated heterocycles. The van der Waals surface area contributed by atoms with E-state index < -0.39 is 10.9 Å². The summed E-state index contributed by atoms with van der Waals surface area (Å²) in [6.07, 6.45) is 0. The summed E-state index contributed by atoms with van der Waals surface area (Å²) in [7, 11) is 4.33. The van der Waals surface area contributed by atoms with Crippen LogP contribution >= 0.6 is 0 Å². The van der Waals surface area contributed by atoms with Gasteiger partial charge in [0.25, 0.3) is 11.6 Å². The molecule has 1 rings (SSSR count). The predicted octanol–water partition coefficient (Wildman–Crippen LogP) is 0.881. The average molecular weight is 281 g/mol.